The van der Waals surface area contributed by atoms with Crippen molar-refractivity contribution < 1.29 is 42.1 Å². The maximum Gasteiger partial charge on any atom is 0.306 e. The van der Waals surface area contributed by atoms with E-state index >= 15 is 0 Å². The van der Waals surface area contributed by atoms with Crippen molar-refractivity contribution in [1.82, 2.24) is 0 Å². The molecule has 0 heterocycles. The Kier molecular flexibility index (Phi) is 31.4. The normalized spacial score (nSPS) is 14.0. The number of phosphoric acid groups is 1. The molecule has 0 spiro atoms. The Labute approximate surface area is 300 Å². The fraction of sp³-hybridized carbons (Fsp3) is 0.846. The molecule has 0 bridgehead atoms. The number of quaternary nitrogens is 1. The largest absolute Gasteiger partial charge is 0.756 e. The third-order valence-electron chi connectivity index (χ3n) is 8.22. The minimum Gasteiger partial charge on any atom is -0.756 e. The van der Waals surface area contributed by atoms with Crippen LogP contribution in [0, 0.1) is 0 Å². The van der Waals surface area contributed by atoms with Gasteiger partial charge in [0.1, 0.15) is 19.8 Å². The number of hydrogen-bond donors (Lipinski definition) is 0. The topological polar surface area (TPSA) is 111 Å². The van der Waals surface area contributed by atoms with E-state index in [1.807, 2.05) is 21.1 Å². The first-order chi connectivity index (χ1) is 23.5. The van der Waals surface area contributed by atoms with Gasteiger partial charge in [0, 0.05) is 12.8 Å². The van der Waals surface area contributed by atoms with Crippen LogP contribution in [0.25, 0.3) is 0 Å². The van der Waals surface area contributed by atoms with Crippen molar-refractivity contribution in [3.63, 3.8) is 0 Å². The summed E-state index contributed by atoms with van der Waals surface area (Å²) in [4.78, 5) is 37.3. The summed E-state index contributed by atoms with van der Waals surface area (Å²) in [5, 5.41) is 0. The van der Waals surface area contributed by atoms with Crippen LogP contribution in [0.4, 0.5) is 0 Å². The SMILES string of the molecule is CCCC/C=C\C/C=C\CCCCCCCC(=O)O[C@H](COC(=O)CCCCCCCCCCCCC)COP(=O)([O-])OCC[N+](C)(C)C. The molecular formula is C39H74NO8P. The summed E-state index contributed by atoms with van der Waals surface area (Å²) in [7, 11) is 1.16. The third-order valence-corrected chi connectivity index (χ3v) is 9.19. The molecule has 288 valence electrons. The van der Waals surface area contributed by atoms with E-state index < -0.39 is 26.5 Å². The van der Waals surface area contributed by atoms with Crippen molar-refractivity contribution in [2.45, 2.75) is 168 Å². The highest BCUT2D eigenvalue weighted by Crippen LogP contribution is 2.38. The third kappa shape index (κ3) is 36.1. The minimum absolute atomic E-state index is 0.0323. The molecule has 49 heavy (non-hydrogen) atoms. The van der Waals surface area contributed by atoms with E-state index in [0.717, 1.165) is 64.2 Å². The molecule has 0 aromatic heterocycles. The molecule has 0 aliphatic carbocycles. The summed E-state index contributed by atoms with van der Waals surface area (Å²) in [6.07, 6.45) is 32.0. The van der Waals surface area contributed by atoms with Crippen LogP contribution in [0.3, 0.4) is 0 Å². The summed E-state index contributed by atoms with van der Waals surface area (Å²) in [6, 6.07) is 0. The van der Waals surface area contributed by atoms with Gasteiger partial charge >= 0.3 is 11.9 Å². The van der Waals surface area contributed by atoms with Gasteiger partial charge in [-0.05, 0) is 38.5 Å². The van der Waals surface area contributed by atoms with Gasteiger partial charge in [-0.3, -0.25) is 14.2 Å². The zero-order valence-corrected chi connectivity index (χ0v) is 33.0. The number of carbonyl (C=O) groups excluding carboxylic acids is 2. The Morgan fingerprint density at radius 2 is 1.12 bits per heavy atom. The Balaban J connectivity index is 4.45. The number of likely N-dealkylation sites (N-methyl/N-ethyl adjacent to an activating group) is 1. The van der Waals surface area contributed by atoms with E-state index in [1.165, 1.54) is 64.2 Å². The summed E-state index contributed by atoms with van der Waals surface area (Å²) >= 11 is 0. The van der Waals surface area contributed by atoms with Crippen molar-refractivity contribution in [1.29, 1.82) is 0 Å². The standard InChI is InChI=1S/C39H74NO8P/c1-6-8-10-12-14-16-18-19-20-22-24-26-28-30-32-39(42)48-37(36-47-49(43,44)46-34-33-40(3,4)5)35-45-38(41)31-29-27-25-23-21-17-15-13-11-9-7-2/h12,14,18-19,37H,6-11,13,15-17,20-36H2,1-5H3/b14-12-,19-18-/t37-/m1/s1. The van der Waals surface area contributed by atoms with Crippen LogP contribution in [-0.4, -0.2) is 70.0 Å². The predicted molar refractivity (Wildman–Crippen MR) is 199 cm³/mol. The van der Waals surface area contributed by atoms with E-state index in [4.69, 9.17) is 18.5 Å². The molecule has 0 aliphatic heterocycles. The average molecular weight is 716 g/mol. The van der Waals surface area contributed by atoms with Crippen molar-refractivity contribution >= 4 is 19.8 Å². The van der Waals surface area contributed by atoms with Crippen molar-refractivity contribution in [3.05, 3.63) is 24.3 Å². The zero-order valence-electron chi connectivity index (χ0n) is 32.1. The number of ether oxygens (including phenoxy) is 2. The number of esters is 2. The summed E-state index contributed by atoms with van der Waals surface area (Å²) in [5.74, 6) is -0.851. The molecule has 0 saturated heterocycles. The van der Waals surface area contributed by atoms with Crippen LogP contribution in [0.1, 0.15) is 162 Å². The quantitative estimate of drug-likeness (QED) is 0.0210. The lowest BCUT2D eigenvalue weighted by atomic mass is 10.1. The molecule has 0 rings (SSSR count). The van der Waals surface area contributed by atoms with Gasteiger partial charge in [-0.1, -0.05) is 134 Å². The lowest BCUT2D eigenvalue weighted by molar-refractivity contribution is -0.870. The number of unbranched alkanes of at least 4 members (excludes halogenated alkanes) is 17. The van der Waals surface area contributed by atoms with E-state index in [0.29, 0.717) is 17.4 Å². The van der Waals surface area contributed by atoms with Crippen LogP contribution in [0.2, 0.25) is 0 Å². The average Bonchev–Trinajstić information content (AvgIpc) is 3.04. The molecule has 1 unspecified atom stereocenters. The van der Waals surface area contributed by atoms with Gasteiger partial charge in [0.05, 0.1) is 27.7 Å². The first-order valence-electron chi connectivity index (χ1n) is 19.5. The van der Waals surface area contributed by atoms with Gasteiger partial charge in [-0.25, -0.2) is 0 Å². The molecule has 0 aromatic rings. The van der Waals surface area contributed by atoms with Crippen LogP contribution >= 0.6 is 7.82 Å². The summed E-state index contributed by atoms with van der Waals surface area (Å²) in [6.45, 7) is 4.15. The molecule has 0 N–H and O–H groups in total. The first-order valence-corrected chi connectivity index (χ1v) is 21.0. The monoisotopic (exact) mass is 716 g/mol. The Hall–Kier alpha value is -1.51. The predicted octanol–water partition coefficient (Wildman–Crippen LogP) is 9.77. The molecular weight excluding hydrogens is 641 g/mol. The maximum absolute atomic E-state index is 12.6. The van der Waals surface area contributed by atoms with Crippen molar-refractivity contribution in [3.8, 4) is 0 Å². The second-order valence-electron chi connectivity index (χ2n) is 14.3. The molecule has 0 aliphatic rings. The van der Waals surface area contributed by atoms with Gasteiger partial charge in [-0.2, -0.15) is 0 Å². The van der Waals surface area contributed by atoms with Gasteiger partial charge in [-0.15, -0.1) is 0 Å². The van der Waals surface area contributed by atoms with E-state index in [1.54, 1.807) is 0 Å². The highest BCUT2D eigenvalue weighted by atomic mass is 31.2. The van der Waals surface area contributed by atoms with Crippen LogP contribution in [0.15, 0.2) is 24.3 Å². The fourth-order valence-electron chi connectivity index (χ4n) is 5.08. The van der Waals surface area contributed by atoms with E-state index in [9.17, 15) is 19.0 Å². The number of rotatable bonds is 35. The number of nitrogens with zero attached hydrogens (tertiary/aromatic N) is 1. The van der Waals surface area contributed by atoms with Gasteiger partial charge in [0.15, 0.2) is 6.10 Å². The summed E-state index contributed by atoms with van der Waals surface area (Å²) < 4.78 is 33.7. The lowest BCUT2D eigenvalue weighted by Crippen LogP contribution is -2.37. The highest BCUT2D eigenvalue weighted by Gasteiger charge is 2.21. The molecule has 0 saturated carbocycles. The lowest BCUT2D eigenvalue weighted by Gasteiger charge is -2.28. The van der Waals surface area contributed by atoms with E-state index in [-0.39, 0.29) is 32.0 Å². The second-order valence-corrected chi connectivity index (χ2v) is 15.7. The van der Waals surface area contributed by atoms with Gasteiger partial charge in [0.25, 0.3) is 7.82 Å². The van der Waals surface area contributed by atoms with Crippen LogP contribution < -0.4 is 4.89 Å². The van der Waals surface area contributed by atoms with Crippen LogP contribution in [0.5, 0.6) is 0 Å². The zero-order chi connectivity index (χ0) is 36.5. The van der Waals surface area contributed by atoms with Gasteiger partial charge < -0.3 is 27.9 Å². The van der Waals surface area contributed by atoms with Gasteiger partial charge in [0.2, 0.25) is 0 Å². The molecule has 0 radical (unpaired) electrons. The first kappa shape index (κ1) is 47.5. The number of hydrogen-bond acceptors (Lipinski definition) is 8. The molecule has 0 amide bonds. The Morgan fingerprint density at radius 1 is 0.633 bits per heavy atom. The smallest absolute Gasteiger partial charge is 0.306 e. The Morgan fingerprint density at radius 3 is 1.67 bits per heavy atom. The highest BCUT2D eigenvalue weighted by molar-refractivity contribution is 7.45. The summed E-state index contributed by atoms with van der Waals surface area (Å²) in [5.41, 5.74) is 0. The van der Waals surface area contributed by atoms with Crippen molar-refractivity contribution in [2.75, 3.05) is 47.5 Å². The molecule has 9 nitrogen and oxygen atoms in total. The molecule has 0 aromatic carbocycles. The number of phosphoric ester groups is 1. The number of allylic oxidation sites excluding steroid dienone is 4. The molecule has 10 heteroatoms. The van der Waals surface area contributed by atoms with Crippen LogP contribution in [-0.2, 0) is 32.7 Å². The fourth-order valence-corrected chi connectivity index (χ4v) is 5.81. The molecule has 0 fully saturated rings. The maximum atomic E-state index is 12.6. The molecule has 2 atom stereocenters. The minimum atomic E-state index is -4.62. The number of carbonyl (C=O) groups is 2. The Bertz CT molecular complexity index is 902. The van der Waals surface area contributed by atoms with Crippen molar-refractivity contribution in [2.24, 2.45) is 0 Å². The second kappa shape index (κ2) is 32.4. The van der Waals surface area contributed by atoms with E-state index in [2.05, 4.69) is 38.2 Å².